The van der Waals surface area contributed by atoms with Crippen molar-refractivity contribution in [1.82, 2.24) is 4.90 Å². The third-order valence-electron chi connectivity index (χ3n) is 4.37. The molecule has 1 amide bonds. The van der Waals surface area contributed by atoms with Crippen LogP contribution in [0, 0.1) is 0 Å². The molecule has 2 rings (SSSR count). The summed E-state index contributed by atoms with van der Waals surface area (Å²) < 4.78 is 5.43. The van der Waals surface area contributed by atoms with Gasteiger partial charge < -0.3 is 15.0 Å². The van der Waals surface area contributed by atoms with Crippen LogP contribution < -0.4 is 10.1 Å². The number of amides is 1. The third-order valence-corrected chi connectivity index (χ3v) is 4.37. The smallest absolute Gasteiger partial charge is 0.245 e. The summed E-state index contributed by atoms with van der Waals surface area (Å²) in [5.74, 6) is 1.04. The number of carbonyl (C=O) groups excluding carboxylic acids is 1. The van der Waals surface area contributed by atoms with Gasteiger partial charge in [0.25, 0.3) is 0 Å². The second-order valence-corrected chi connectivity index (χ2v) is 6.20. The van der Waals surface area contributed by atoms with Gasteiger partial charge in [-0.1, -0.05) is 0 Å². The maximum absolute atomic E-state index is 12.7. The number of carbonyl (C=O) groups is 1. The van der Waals surface area contributed by atoms with Gasteiger partial charge in [0.1, 0.15) is 11.8 Å². The van der Waals surface area contributed by atoms with Crippen molar-refractivity contribution in [1.29, 1.82) is 0 Å². The van der Waals surface area contributed by atoms with Crippen molar-refractivity contribution in [2.24, 2.45) is 0 Å². The predicted molar refractivity (Wildman–Crippen MR) is 90.3 cm³/mol. The van der Waals surface area contributed by atoms with Crippen molar-refractivity contribution in [3.8, 4) is 5.75 Å². The van der Waals surface area contributed by atoms with E-state index in [0.29, 0.717) is 18.7 Å². The highest BCUT2D eigenvalue weighted by Crippen LogP contribution is 2.24. The Morgan fingerprint density at radius 2 is 1.86 bits per heavy atom. The van der Waals surface area contributed by atoms with Gasteiger partial charge in [0.15, 0.2) is 0 Å². The Labute approximate surface area is 133 Å². The molecule has 4 heteroatoms. The molecule has 0 saturated carbocycles. The number of nitrogens with one attached hydrogen (secondary N) is 1. The van der Waals surface area contributed by atoms with Gasteiger partial charge in [-0.05, 0) is 71.2 Å². The number of rotatable bonds is 5. The molecule has 0 aromatic heterocycles. The molecular weight excluding hydrogens is 276 g/mol. The predicted octanol–water partition coefficient (Wildman–Crippen LogP) is 3.68. The van der Waals surface area contributed by atoms with E-state index in [4.69, 9.17) is 4.74 Å². The molecule has 0 bridgehead atoms. The molecule has 0 spiro atoms. The van der Waals surface area contributed by atoms with Crippen LogP contribution in [0.15, 0.2) is 24.3 Å². The Balaban J connectivity index is 1.98. The van der Waals surface area contributed by atoms with E-state index >= 15 is 0 Å². The largest absolute Gasteiger partial charge is 0.494 e. The van der Waals surface area contributed by atoms with Crippen LogP contribution in [-0.2, 0) is 4.79 Å². The molecule has 1 saturated heterocycles. The monoisotopic (exact) mass is 304 g/mol. The van der Waals surface area contributed by atoms with Crippen LogP contribution in [0.3, 0.4) is 0 Å². The van der Waals surface area contributed by atoms with Crippen molar-refractivity contribution in [2.75, 3.05) is 11.9 Å². The Morgan fingerprint density at radius 3 is 2.41 bits per heavy atom. The third kappa shape index (κ3) is 3.93. The van der Waals surface area contributed by atoms with Crippen molar-refractivity contribution >= 4 is 11.6 Å². The summed E-state index contributed by atoms with van der Waals surface area (Å²) in [7, 11) is 0. The molecule has 0 radical (unpaired) electrons. The van der Waals surface area contributed by atoms with Crippen LogP contribution in [0.5, 0.6) is 5.75 Å². The van der Waals surface area contributed by atoms with E-state index < -0.39 is 0 Å². The Hall–Kier alpha value is -1.71. The molecule has 1 aromatic rings. The number of ether oxygens (including phenoxy) is 1. The standard InChI is InChI=1S/C18H28N2O2/c1-5-22-17-11-9-16(10-12-17)19-15(4)18(21)20-13(2)7-6-8-14(20)3/h9-15,19H,5-8H2,1-4H3/t13-,14-,15-/m1/s1. The van der Waals surface area contributed by atoms with Crippen LogP contribution in [0.4, 0.5) is 5.69 Å². The Bertz CT molecular complexity index is 476. The fraction of sp³-hybridized carbons (Fsp3) is 0.611. The quantitative estimate of drug-likeness (QED) is 0.902. The van der Waals surface area contributed by atoms with Gasteiger partial charge in [-0.15, -0.1) is 0 Å². The van der Waals surface area contributed by atoms with E-state index in [1.165, 1.54) is 6.42 Å². The molecule has 1 heterocycles. The van der Waals surface area contributed by atoms with E-state index in [1.807, 2.05) is 38.1 Å². The topological polar surface area (TPSA) is 41.6 Å². The van der Waals surface area contributed by atoms with Crippen LogP contribution in [0.25, 0.3) is 0 Å². The fourth-order valence-corrected chi connectivity index (χ4v) is 3.21. The van der Waals surface area contributed by atoms with Crippen molar-refractivity contribution in [3.05, 3.63) is 24.3 Å². The van der Waals surface area contributed by atoms with Gasteiger partial charge in [0.05, 0.1) is 6.61 Å². The van der Waals surface area contributed by atoms with E-state index in [-0.39, 0.29) is 11.9 Å². The number of nitrogens with zero attached hydrogens (tertiary/aromatic N) is 1. The number of anilines is 1. The Kier molecular flexibility index (Phi) is 5.69. The van der Waals surface area contributed by atoms with E-state index in [1.54, 1.807) is 0 Å². The average Bonchev–Trinajstić information content (AvgIpc) is 2.49. The number of piperidine rings is 1. The van der Waals surface area contributed by atoms with Crippen molar-refractivity contribution in [2.45, 2.75) is 65.1 Å². The second kappa shape index (κ2) is 7.52. The maximum atomic E-state index is 12.7. The number of hydrogen-bond acceptors (Lipinski definition) is 3. The lowest BCUT2D eigenvalue weighted by molar-refractivity contribution is -0.137. The molecular formula is C18H28N2O2. The van der Waals surface area contributed by atoms with Crippen molar-refractivity contribution < 1.29 is 9.53 Å². The normalized spacial score (nSPS) is 23.0. The first-order chi connectivity index (χ1) is 10.5. The molecule has 1 N–H and O–H groups in total. The van der Waals surface area contributed by atoms with Crippen LogP contribution in [0.1, 0.15) is 47.0 Å². The molecule has 1 aliphatic heterocycles. The summed E-state index contributed by atoms with van der Waals surface area (Å²) in [5.41, 5.74) is 0.946. The highest BCUT2D eigenvalue weighted by atomic mass is 16.5. The molecule has 1 fully saturated rings. The van der Waals surface area contributed by atoms with Crippen LogP contribution in [-0.4, -0.2) is 35.5 Å². The first kappa shape index (κ1) is 16.7. The lowest BCUT2D eigenvalue weighted by Crippen LogP contribution is -2.52. The summed E-state index contributed by atoms with van der Waals surface area (Å²) in [6, 6.07) is 8.21. The average molecular weight is 304 g/mol. The van der Waals surface area contributed by atoms with Gasteiger partial charge >= 0.3 is 0 Å². The van der Waals surface area contributed by atoms with Crippen LogP contribution in [0.2, 0.25) is 0 Å². The van der Waals surface area contributed by atoms with Gasteiger partial charge in [-0.25, -0.2) is 0 Å². The maximum Gasteiger partial charge on any atom is 0.245 e. The lowest BCUT2D eigenvalue weighted by atomic mass is 9.96. The molecule has 122 valence electrons. The van der Waals surface area contributed by atoms with E-state index in [9.17, 15) is 4.79 Å². The summed E-state index contributed by atoms with van der Waals surface area (Å²) >= 11 is 0. The van der Waals surface area contributed by atoms with Gasteiger partial charge in [0.2, 0.25) is 5.91 Å². The number of hydrogen-bond donors (Lipinski definition) is 1. The minimum atomic E-state index is -0.221. The highest BCUT2D eigenvalue weighted by Gasteiger charge is 2.31. The first-order valence-electron chi connectivity index (χ1n) is 8.34. The fourth-order valence-electron chi connectivity index (χ4n) is 3.21. The molecule has 3 atom stereocenters. The van der Waals surface area contributed by atoms with E-state index in [0.717, 1.165) is 24.3 Å². The summed E-state index contributed by atoms with van der Waals surface area (Å²) in [5, 5.41) is 3.30. The Morgan fingerprint density at radius 1 is 1.27 bits per heavy atom. The summed E-state index contributed by atoms with van der Waals surface area (Å²) in [6.45, 7) is 8.86. The number of benzene rings is 1. The minimum absolute atomic E-state index is 0.189. The molecule has 0 unspecified atom stereocenters. The summed E-state index contributed by atoms with van der Waals surface area (Å²) in [4.78, 5) is 14.8. The van der Waals surface area contributed by atoms with Crippen LogP contribution >= 0.6 is 0 Å². The SMILES string of the molecule is CCOc1ccc(N[C@H](C)C(=O)N2[C@H](C)CCC[C@H]2C)cc1. The first-order valence-corrected chi connectivity index (χ1v) is 8.34. The zero-order valence-electron chi connectivity index (χ0n) is 14.1. The molecule has 1 aliphatic rings. The molecule has 1 aromatic carbocycles. The zero-order valence-corrected chi connectivity index (χ0v) is 14.1. The van der Waals surface area contributed by atoms with Gasteiger partial charge in [-0.3, -0.25) is 4.79 Å². The van der Waals surface area contributed by atoms with Gasteiger partial charge in [0, 0.05) is 17.8 Å². The minimum Gasteiger partial charge on any atom is -0.494 e. The highest BCUT2D eigenvalue weighted by molar-refractivity contribution is 5.85. The van der Waals surface area contributed by atoms with E-state index in [2.05, 4.69) is 24.1 Å². The number of likely N-dealkylation sites (tertiary alicyclic amines) is 1. The zero-order chi connectivity index (χ0) is 16.1. The van der Waals surface area contributed by atoms with Crippen molar-refractivity contribution in [3.63, 3.8) is 0 Å². The van der Waals surface area contributed by atoms with Gasteiger partial charge in [-0.2, -0.15) is 0 Å². The molecule has 0 aliphatic carbocycles. The lowest BCUT2D eigenvalue weighted by Gasteiger charge is -2.40. The second-order valence-electron chi connectivity index (χ2n) is 6.20. The summed E-state index contributed by atoms with van der Waals surface area (Å²) in [6.07, 6.45) is 3.42. The molecule has 22 heavy (non-hydrogen) atoms. The molecule has 4 nitrogen and oxygen atoms in total.